The molecule has 152 valence electrons. The van der Waals surface area contributed by atoms with Gasteiger partial charge < -0.3 is 10.4 Å². The van der Waals surface area contributed by atoms with Crippen LogP contribution in [0.15, 0.2) is 41.2 Å². The van der Waals surface area contributed by atoms with E-state index in [9.17, 15) is 31.5 Å². The van der Waals surface area contributed by atoms with Gasteiger partial charge in [-0.2, -0.15) is 13.2 Å². The van der Waals surface area contributed by atoms with Gasteiger partial charge in [0.2, 0.25) is 0 Å². The molecule has 0 aliphatic carbocycles. The third-order valence-corrected chi connectivity index (χ3v) is 4.06. The number of aromatic nitrogens is 2. The molecule has 2 N–H and O–H groups in total. The highest BCUT2D eigenvalue weighted by Gasteiger charge is 2.35. The Hall–Kier alpha value is -3.50. The molecule has 0 aliphatic rings. The summed E-state index contributed by atoms with van der Waals surface area (Å²) < 4.78 is 68.2. The average molecular weight is 413 g/mol. The van der Waals surface area contributed by atoms with Crippen LogP contribution in [0.4, 0.5) is 26.7 Å². The maximum Gasteiger partial charge on any atom is 0.417 e. The fourth-order valence-corrected chi connectivity index (χ4v) is 2.94. The molecule has 0 aliphatic heterocycles. The van der Waals surface area contributed by atoms with Crippen LogP contribution in [0.3, 0.4) is 0 Å². The average Bonchev–Trinajstić information content (AvgIpc) is 2.58. The number of halogens is 5. The van der Waals surface area contributed by atoms with Crippen molar-refractivity contribution in [1.82, 2.24) is 14.9 Å². The Balaban J connectivity index is 2.46. The summed E-state index contributed by atoms with van der Waals surface area (Å²) in [6, 6.07) is 3.66. The molecule has 6 nitrogen and oxygen atoms in total. The standard InChI is InChI=1S/C18H12F5N3O3/c1-8(24-17(28)29)15-25-13-4-2-3-12(18(21,22)23)14(13)16(27)26(15)11-6-9(19)5-10(20)7-11/h2-8,24H,1H3,(H,28,29). The van der Waals surface area contributed by atoms with Gasteiger partial charge in [-0.25, -0.2) is 18.6 Å². The zero-order valence-corrected chi connectivity index (χ0v) is 14.6. The number of amides is 1. The molecule has 29 heavy (non-hydrogen) atoms. The van der Waals surface area contributed by atoms with Crippen LogP contribution in [-0.4, -0.2) is 20.8 Å². The summed E-state index contributed by atoms with van der Waals surface area (Å²) in [6.45, 7) is 1.28. The summed E-state index contributed by atoms with van der Waals surface area (Å²) in [7, 11) is 0. The van der Waals surface area contributed by atoms with Gasteiger partial charge in [-0.1, -0.05) is 6.07 Å². The Morgan fingerprint density at radius 1 is 1.17 bits per heavy atom. The lowest BCUT2D eigenvalue weighted by Crippen LogP contribution is -2.33. The molecule has 1 heterocycles. The van der Waals surface area contributed by atoms with Crippen LogP contribution in [0.1, 0.15) is 24.4 Å². The maximum atomic E-state index is 13.7. The fourth-order valence-electron chi connectivity index (χ4n) is 2.94. The van der Waals surface area contributed by atoms with Gasteiger partial charge in [0.15, 0.2) is 0 Å². The Morgan fingerprint density at radius 2 is 1.79 bits per heavy atom. The zero-order chi connectivity index (χ0) is 21.5. The van der Waals surface area contributed by atoms with E-state index in [-0.39, 0.29) is 11.3 Å². The van der Waals surface area contributed by atoms with Crippen LogP contribution < -0.4 is 10.9 Å². The number of fused-ring (bicyclic) bond motifs is 1. The lowest BCUT2D eigenvalue weighted by atomic mass is 10.1. The number of nitrogens with one attached hydrogen (secondary N) is 1. The third kappa shape index (κ3) is 3.89. The SMILES string of the molecule is CC(NC(=O)O)c1nc2cccc(C(F)(F)F)c2c(=O)n1-c1cc(F)cc(F)c1. The monoisotopic (exact) mass is 413 g/mol. The predicted molar refractivity (Wildman–Crippen MR) is 91.8 cm³/mol. The van der Waals surface area contributed by atoms with Crippen LogP contribution in [0.2, 0.25) is 0 Å². The fraction of sp³-hybridized carbons (Fsp3) is 0.167. The van der Waals surface area contributed by atoms with Crippen LogP contribution in [0.5, 0.6) is 0 Å². The van der Waals surface area contributed by atoms with Gasteiger partial charge in [0.05, 0.1) is 28.2 Å². The predicted octanol–water partition coefficient (Wildman–Crippen LogP) is 4.01. The summed E-state index contributed by atoms with van der Waals surface area (Å²) in [6.07, 6.45) is -6.38. The lowest BCUT2D eigenvalue weighted by Gasteiger charge is -2.20. The molecule has 0 saturated heterocycles. The minimum Gasteiger partial charge on any atom is -0.465 e. The van der Waals surface area contributed by atoms with E-state index in [1.54, 1.807) is 0 Å². The molecular formula is C18H12F5N3O3. The molecule has 2 aromatic carbocycles. The van der Waals surface area contributed by atoms with E-state index >= 15 is 0 Å². The second-order valence-corrected chi connectivity index (χ2v) is 6.11. The molecule has 0 saturated carbocycles. The summed E-state index contributed by atoms with van der Waals surface area (Å²) in [5, 5.41) is 10.1. The van der Waals surface area contributed by atoms with Gasteiger partial charge in [0, 0.05) is 6.07 Å². The van der Waals surface area contributed by atoms with Crippen LogP contribution in [-0.2, 0) is 6.18 Å². The van der Waals surface area contributed by atoms with Crippen molar-refractivity contribution in [2.75, 3.05) is 0 Å². The van der Waals surface area contributed by atoms with Gasteiger partial charge in [0.1, 0.15) is 17.5 Å². The number of alkyl halides is 3. The molecule has 3 rings (SSSR count). The number of hydrogen-bond donors (Lipinski definition) is 2. The number of carbonyl (C=O) groups is 1. The maximum absolute atomic E-state index is 13.7. The van der Waals surface area contributed by atoms with Crippen molar-refractivity contribution in [2.24, 2.45) is 0 Å². The smallest absolute Gasteiger partial charge is 0.417 e. The van der Waals surface area contributed by atoms with Crippen LogP contribution in [0, 0.1) is 11.6 Å². The molecule has 0 bridgehead atoms. The van der Waals surface area contributed by atoms with Crippen molar-refractivity contribution >= 4 is 17.0 Å². The minimum atomic E-state index is -4.89. The third-order valence-electron chi connectivity index (χ3n) is 4.06. The molecule has 1 unspecified atom stereocenters. The Bertz CT molecular complexity index is 1150. The van der Waals surface area contributed by atoms with E-state index in [1.165, 1.54) is 6.92 Å². The van der Waals surface area contributed by atoms with Crippen LogP contribution in [0.25, 0.3) is 16.6 Å². The summed E-state index contributed by atoms with van der Waals surface area (Å²) in [5.41, 5.74) is -3.30. The molecule has 3 aromatic rings. The van der Waals surface area contributed by atoms with Gasteiger partial charge in [-0.15, -0.1) is 0 Å². The Morgan fingerprint density at radius 3 is 2.34 bits per heavy atom. The van der Waals surface area contributed by atoms with Crippen LogP contribution >= 0.6 is 0 Å². The second kappa shape index (κ2) is 7.15. The van der Waals surface area contributed by atoms with Crippen molar-refractivity contribution in [2.45, 2.75) is 19.1 Å². The zero-order valence-electron chi connectivity index (χ0n) is 14.6. The Labute approximate surface area is 159 Å². The first-order valence-electron chi connectivity index (χ1n) is 8.08. The van der Waals surface area contributed by atoms with E-state index in [0.29, 0.717) is 16.7 Å². The molecule has 0 spiro atoms. The van der Waals surface area contributed by atoms with E-state index in [0.717, 1.165) is 24.3 Å². The van der Waals surface area contributed by atoms with E-state index < -0.39 is 52.1 Å². The molecule has 1 aromatic heterocycles. The summed E-state index contributed by atoms with van der Waals surface area (Å²) >= 11 is 0. The summed E-state index contributed by atoms with van der Waals surface area (Å²) in [4.78, 5) is 28.0. The van der Waals surface area contributed by atoms with Gasteiger partial charge in [0.25, 0.3) is 5.56 Å². The van der Waals surface area contributed by atoms with E-state index in [4.69, 9.17) is 5.11 Å². The van der Waals surface area contributed by atoms with Crippen molar-refractivity contribution < 1.29 is 31.9 Å². The molecular weight excluding hydrogens is 401 g/mol. The molecule has 11 heteroatoms. The minimum absolute atomic E-state index is 0.339. The van der Waals surface area contributed by atoms with Crippen molar-refractivity contribution in [3.05, 3.63) is 69.8 Å². The largest absolute Gasteiger partial charge is 0.465 e. The van der Waals surface area contributed by atoms with Gasteiger partial charge >= 0.3 is 12.3 Å². The first kappa shape index (κ1) is 20.2. The summed E-state index contributed by atoms with van der Waals surface area (Å²) in [5.74, 6) is -2.50. The second-order valence-electron chi connectivity index (χ2n) is 6.11. The number of benzene rings is 2. The normalized spacial score (nSPS) is 12.8. The number of hydrogen-bond acceptors (Lipinski definition) is 3. The number of rotatable bonds is 3. The topological polar surface area (TPSA) is 84.2 Å². The van der Waals surface area contributed by atoms with E-state index in [2.05, 4.69) is 4.98 Å². The first-order valence-corrected chi connectivity index (χ1v) is 8.08. The lowest BCUT2D eigenvalue weighted by molar-refractivity contribution is -0.136. The van der Waals surface area contributed by atoms with Crippen molar-refractivity contribution in [3.8, 4) is 5.69 Å². The highest BCUT2D eigenvalue weighted by atomic mass is 19.4. The highest BCUT2D eigenvalue weighted by Crippen LogP contribution is 2.33. The van der Waals surface area contributed by atoms with Gasteiger partial charge in [-0.05, 0) is 31.2 Å². The quantitative estimate of drug-likeness (QED) is 0.636. The van der Waals surface area contributed by atoms with Gasteiger partial charge in [-0.3, -0.25) is 9.36 Å². The highest BCUT2D eigenvalue weighted by molar-refractivity contribution is 5.82. The Kier molecular flexibility index (Phi) is 4.99. The molecule has 1 amide bonds. The number of carboxylic acid groups (broad SMARTS) is 1. The molecule has 0 fully saturated rings. The number of nitrogens with zero attached hydrogens (tertiary/aromatic N) is 2. The molecule has 0 radical (unpaired) electrons. The first-order chi connectivity index (χ1) is 13.5. The van der Waals surface area contributed by atoms with Crippen molar-refractivity contribution in [3.63, 3.8) is 0 Å². The van der Waals surface area contributed by atoms with E-state index in [1.807, 2.05) is 5.32 Å². The van der Waals surface area contributed by atoms with Crippen molar-refractivity contribution in [1.29, 1.82) is 0 Å². The molecule has 1 atom stereocenters.